The molecule has 2 aromatic heterocycles. The lowest BCUT2D eigenvalue weighted by molar-refractivity contribution is -0.127. The zero-order valence-corrected chi connectivity index (χ0v) is 28.3. The number of ether oxygens (including phenoxy) is 1. The van der Waals surface area contributed by atoms with Crippen LogP contribution in [0.3, 0.4) is 0 Å². The quantitative estimate of drug-likeness (QED) is 0.251. The van der Waals surface area contributed by atoms with Crippen LogP contribution in [0.2, 0.25) is 0 Å². The minimum Gasteiger partial charge on any atom is -0.445 e. The SMILES string of the molecule is Cc1nccc(NC(=O)C23CCCC(C)(CC2)C3)n1.Cc1nccc(NC(=O)C23CCCC(NC(=O)OCc4ccccc4)(CC2)C3)n1. The highest BCUT2D eigenvalue weighted by molar-refractivity contribution is 5.95. The average Bonchev–Trinajstić information content (AvgIpc) is 3.48. The Morgan fingerprint density at radius 3 is 1.92 bits per heavy atom. The lowest BCUT2D eigenvalue weighted by Gasteiger charge is -2.38. The summed E-state index contributed by atoms with van der Waals surface area (Å²) >= 11 is 0. The van der Waals surface area contributed by atoms with Crippen LogP contribution in [0, 0.1) is 30.1 Å². The minimum atomic E-state index is -0.468. The maximum atomic E-state index is 13.1. The predicted molar refractivity (Wildman–Crippen MR) is 182 cm³/mol. The van der Waals surface area contributed by atoms with Crippen molar-refractivity contribution in [3.8, 4) is 0 Å². The fourth-order valence-electron chi connectivity index (χ4n) is 8.62. The van der Waals surface area contributed by atoms with E-state index in [0.29, 0.717) is 35.1 Å². The molecule has 4 aliphatic carbocycles. The van der Waals surface area contributed by atoms with Crippen molar-refractivity contribution in [2.75, 3.05) is 10.6 Å². The summed E-state index contributed by atoms with van der Waals surface area (Å²) in [5.74, 6) is 2.61. The number of hydrogen-bond donors (Lipinski definition) is 3. The first-order valence-electron chi connectivity index (χ1n) is 17.2. The van der Waals surface area contributed by atoms with Crippen molar-refractivity contribution in [3.63, 3.8) is 0 Å². The average molecular weight is 654 g/mol. The monoisotopic (exact) mass is 653 g/mol. The molecule has 4 bridgehead atoms. The van der Waals surface area contributed by atoms with Crippen molar-refractivity contribution in [1.82, 2.24) is 25.3 Å². The van der Waals surface area contributed by atoms with E-state index in [2.05, 4.69) is 42.8 Å². The van der Waals surface area contributed by atoms with Gasteiger partial charge in [-0.2, -0.15) is 0 Å². The molecule has 3 N–H and O–H groups in total. The molecule has 0 spiro atoms. The molecule has 11 heteroatoms. The third-order valence-corrected chi connectivity index (χ3v) is 11.1. The first-order valence-corrected chi connectivity index (χ1v) is 17.2. The number of benzene rings is 1. The highest BCUT2D eigenvalue weighted by Gasteiger charge is 2.56. The fourth-order valence-corrected chi connectivity index (χ4v) is 8.62. The first-order chi connectivity index (χ1) is 23.0. The smallest absolute Gasteiger partial charge is 0.407 e. The molecule has 3 aromatic rings. The molecule has 4 aliphatic rings. The molecule has 11 nitrogen and oxygen atoms in total. The normalized spacial score (nSPS) is 28.4. The summed E-state index contributed by atoms with van der Waals surface area (Å²) in [6, 6.07) is 13.1. The fraction of sp³-hybridized carbons (Fsp3) is 0.541. The number of carbonyl (C=O) groups excluding carboxylic acids is 3. The second-order valence-corrected chi connectivity index (χ2v) is 14.8. The van der Waals surface area contributed by atoms with Crippen molar-refractivity contribution in [2.45, 2.75) is 110 Å². The van der Waals surface area contributed by atoms with Crippen LogP contribution < -0.4 is 16.0 Å². The highest BCUT2D eigenvalue weighted by Crippen LogP contribution is 2.58. The Labute approximate surface area is 282 Å². The molecule has 4 saturated carbocycles. The Bertz CT molecular complexity index is 1650. The van der Waals surface area contributed by atoms with Gasteiger partial charge in [0.05, 0.1) is 10.8 Å². The standard InChI is InChI=1S/C22H26N4O3.C15H21N3O/c1-16-23-13-8-18(24-16)25-19(27)21-9-5-10-22(15-21,12-11-21)26-20(28)29-14-17-6-3-2-4-7-17;1-11-16-9-4-12(17-11)18-13(19)15-6-3-5-14(2,10-15)7-8-15/h2-4,6-8,13H,5,9-12,14-15H2,1H3,(H,26,28)(H,23,24,25,27);4,9H,3,5-8,10H2,1-2H3,(H,16,17,18,19). The molecule has 48 heavy (non-hydrogen) atoms. The van der Waals surface area contributed by atoms with Gasteiger partial charge in [-0.25, -0.2) is 24.7 Å². The topological polar surface area (TPSA) is 148 Å². The van der Waals surface area contributed by atoms with Gasteiger partial charge in [0.25, 0.3) is 0 Å². The Kier molecular flexibility index (Phi) is 9.49. The molecular formula is C37H47N7O4. The zero-order valence-electron chi connectivity index (χ0n) is 28.3. The van der Waals surface area contributed by atoms with Crippen molar-refractivity contribution in [2.24, 2.45) is 16.2 Å². The second kappa shape index (κ2) is 13.6. The number of rotatable bonds is 7. The number of aryl methyl sites for hydroxylation is 2. The molecule has 254 valence electrons. The van der Waals surface area contributed by atoms with Gasteiger partial charge in [-0.15, -0.1) is 0 Å². The van der Waals surface area contributed by atoms with E-state index in [4.69, 9.17) is 4.74 Å². The van der Waals surface area contributed by atoms with E-state index in [0.717, 1.165) is 56.9 Å². The van der Waals surface area contributed by atoms with E-state index in [1.807, 2.05) is 37.3 Å². The molecular weight excluding hydrogens is 606 g/mol. The van der Waals surface area contributed by atoms with Crippen molar-refractivity contribution in [3.05, 3.63) is 72.1 Å². The summed E-state index contributed by atoms with van der Waals surface area (Å²) in [6.45, 7) is 6.19. The van der Waals surface area contributed by atoms with Crippen LogP contribution in [0.1, 0.15) is 101 Å². The molecule has 1 aromatic carbocycles. The number of anilines is 2. The van der Waals surface area contributed by atoms with Gasteiger partial charge in [-0.3, -0.25) is 9.59 Å². The summed E-state index contributed by atoms with van der Waals surface area (Å²) in [7, 11) is 0. The number of aromatic nitrogens is 4. The van der Waals surface area contributed by atoms with Crippen LogP contribution >= 0.6 is 0 Å². The van der Waals surface area contributed by atoms with Crippen LogP contribution in [0.5, 0.6) is 0 Å². The maximum Gasteiger partial charge on any atom is 0.407 e. The summed E-state index contributed by atoms with van der Waals surface area (Å²) in [6.07, 6.45) is 14.4. The maximum absolute atomic E-state index is 13.1. The molecule has 0 saturated heterocycles. The molecule has 0 radical (unpaired) electrons. The molecule has 3 amide bonds. The molecule has 0 aliphatic heterocycles. The summed E-state index contributed by atoms with van der Waals surface area (Å²) in [5, 5.41) is 9.03. The molecule has 2 heterocycles. The van der Waals surface area contributed by atoms with Crippen LogP contribution in [-0.2, 0) is 20.9 Å². The van der Waals surface area contributed by atoms with Gasteiger partial charge in [-0.05, 0) is 101 Å². The van der Waals surface area contributed by atoms with Crippen molar-refractivity contribution < 1.29 is 19.1 Å². The number of nitrogens with zero attached hydrogens (tertiary/aromatic N) is 4. The Balaban J connectivity index is 0.000000182. The first kappa shape index (κ1) is 33.5. The van der Waals surface area contributed by atoms with Gasteiger partial charge in [0, 0.05) is 17.9 Å². The van der Waals surface area contributed by atoms with E-state index < -0.39 is 11.5 Å². The largest absolute Gasteiger partial charge is 0.445 e. The Hall–Kier alpha value is -4.41. The molecule has 4 fully saturated rings. The van der Waals surface area contributed by atoms with Gasteiger partial charge in [0.1, 0.15) is 29.9 Å². The number of fused-ring (bicyclic) bond motifs is 4. The Morgan fingerprint density at radius 2 is 1.29 bits per heavy atom. The lowest BCUT2D eigenvalue weighted by atomic mass is 9.69. The van der Waals surface area contributed by atoms with E-state index in [9.17, 15) is 14.4 Å². The van der Waals surface area contributed by atoms with Crippen LogP contribution in [0.25, 0.3) is 0 Å². The summed E-state index contributed by atoms with van der Waals surface area (Å²) in [4.78, 5) is 54.8. The van der Waals surface area contributed by atoms with Crippen LogP contribution in [0.15, 0.2) is 54.9 Å². The molecule has 7 rings (SSSR count). The number of alkyl carbamates (subject to hydrolysis) is 1. The lowest BCUT2D eigenvalue weighted by Crippen LogP contribution is -2.51. The minimum absolute atomic E-state index is 0.0170. The highest BCUT2D eigenvalue weighted by atomic mass is 16.5. The van der Waals surface area contributed by atoms with E-state index in [1.54, 1.807) is 31.5 Å². The third kappa shape index (κ3) is 7.50. The zero-order chi connectivity index (χ0) is 33.8. The van der Waals surface area contributed by atoms with Gasteiger partial charge >= 0.3 is 6.09 Å². The van der Waals surface area contributed by atoms with Gasteiger partial charge < -0.3 is 20.7 Å². The number of amides is 3. The van der Waals surface area contributed by atoms with Crippen LogP contribution in [0.4, 0.5) is 16.4 Å². The summed E-state index contributed by atoms with van der Waals surface area (Å²) in [5.41, 5.74) is 0.349. The van der Waals surface area contributed by atoms with E-state index in [-0.39, 0.29) is 29.4 Å². The molecule has 4 unspecified atom stereocenters. The van der Waals surface area contributed by atoms with Gasteiger partial charge in [0.15, 0.2) is 0 Å². The van der Waals surface area contributed by atoms with Crippen molar-refractivity contribution >= 4 is 29.5 Å². The molecule has 4 atom stereocenters. The van der Waals surface area contributed by atoms with E-state index >= 15 is 0 Å². The second-order valence-electron chi connectivity index (χ2n) is 14.8. The van der Waals surface area contributed by atoms with Gasteiger partial charge in [-0.1, -0.05) is 50.1 Å². The van der Waals surface area contributed by atoms with Crippen molar-refractivity contribution in [1.29, 1.82) is 0 Å². The summed E-state index contributed by atoms with van der Waals surface area (Å²) < 4.78 is 5.41. The van der Waals surface area contributed by atoms with Gasteiger partial charge in [0.2, 0.25) is 11.8 Å². The number of nitrogens with one attached hydrogen (secondary N) is 3. The Morgan fingerprint density at radius 1 is 0.708 bits per heavy atom. The van der Waals surface area contributed by atoms with Crippen LogP contribution in [-0.4, -0.2) is 43.4 Å². The van der Waals surface area contributed by atoms with E-state index in [1.165, 1.54) is 19.3 Å². The number of hydrogen-bond acceptors (Lipinski definition) is 8. The predicted octanol–water partition coefficient (Wildman–Crippen LogP) is 6.83. The number of carbonyl (C=O) groups is 3. The third-order valence-electron chi connectivity index (χ3n) is 11.1.